The number of aromatic amines is 1. The Kier molecular flexibility index (Phi) is 2.26. The first-order valence-corrected chi connectivity index (χ1v) is 4.75. The van der Waals surface area contributed by atoms with Gasteiger partial charge in [0.2, 0.25) is 0 Å². The lowest BCUT2D eigenvalue weighted by Gasteiger charge is -2.00. The Balaban J connectivity index is 2.56. The minimum absolute atomic E-state index is 0.466. The molecule has 2 rings (SSSR count). The largest absolute Gasteiger partial charge is 0.341 e. The lowest BCUT2D eigenvalue weighted by atomic mass is 10.1. The van der Waals surface area contributed by atoms with Gasteiger partial charge in [0, 0.05) is 5.56 Å². The van der Waals surface area contributed by atoms with Crippen LogP contribution in [0.4, 0.5) is 0 Å². The maximum Gasteiger partial charge on any atom is 0.161 e. The van der Waals surface area contributed by atoms with Crippen LogP contribution in [0.5, 0.6) is 0 Å². The maximum atomic E-state index is 8.82. The average molecular weight is 197 g/mol. The number of aromatic nitrogens is 2. The highest BCUT2D eigenvalue weighted by Crippen LogP contribution is 2.20. The van der Waals surface area contributed by atoms with E-state index in [4.69, 9.17) is 5.26 Å². The number of nitrogens with one attached hydrogen (secondary N) is 1. The van der Waals surface area contributed by atoms with Crippen LogP contribution in [0.3, 0.4) is 0 Å². The molecule has 3 nitrogen and oxygen atoms in total. The molecular formula is C12H11N3. The number of nitriles is 1. The summed E-state index contributed by atoms with van der Waals surface area (Å²) >= 11 is 0. The Hall–Kier alpha value is -2.08. The zero-order chi connectivity index (χ0) is 10.8. The van der Waals surface area contributed by atoms with Crippen molar-refractivity contribution in [3.63, 3.8) is 0 Å². The summed E-state index contributed by atoms with van der Waals surface area (Å²) < 4.78 is 0. The first-order chi connectivity index (χ1) is 7.22. The Bertz CT molecular complexity index is 532. The van der Waals surface area contributed by atoms with E-state index in [1.54, 1.807) is 0 Å². The number of aryl methyl sites for hydroxylation is 2. The van der Waals surface area contributed by atoms with Crippen LogP contribution in [0.15, 0.2) is 24.3 Å². The van der Waals surface area contributed by atoms with Gasteiger partial charge >= 0.3 is 0 Å². The molecule has 0 spiro atoms. The van der Waals surface area contributed by atoms with Gasteiger partial charge in [-0.05, 0) is 19.4 Å². The lowest BCUT2D eigenvalue weighted by molar-refractivity contribution is 1.24. The zero-order valence-electron chi connectivity index (χ0n) is 8.70. The highest BCUT2D eigenvalue weighted by Gasteiger charge is 2.08. The van der Waals surface area contributed by atoms with Gasteiger partial charge in [0.15, 0.2) is 5.69 Å². The van der Waals surface area contributed by atoms with E-state index in [9.17, 15) is 0 Å². The van der Waals surface area contributed by atoms with Gasteiger partial charge in [-0.15, -0.1) is 0 Å². The lowest BCUT2D eigenvalue weighted by Crippen LogP contribution is -1.84. The van der Waals surface area contributed by atoms with Gasteiger partial charge in [0.25, 0.3) is 0 Å². The van der Waals surface area contributed by atoms with Crippen molar-refractivity contribution in [3.05, 3.63) is 41.2 Å². The molecular weight excluding hydrogens is 186 g/mol. The summed E-state index contributed by atoms with van der Waals surface area (Å²) in [4.78, 5) is 7.36. The molecule has 0 amide bonds. The summed E-state index contributed by atoms with van der Waals surface area (Å²) in [5, 5.41) is 8.82. The Morgan fingerprint density at radius 3 is 2.60 bits per heavy atom. The van der Waals surface area contributed by atoms with Crippen LogP contribution < -0.4 is 0 Å². The monoisotopic (exact) mass is 197 g/mol. The third-order valence-corrected chi connectivity index (χ3v) is 2.39. The summed E-state index contributed by atoms with van der Waals surface area (Å²) in [5.41, 5.74) is 3.47. The van der Waals surface area contributed by atoms with Gasteiger partial charge in [-0.3, -0.25) is 0 Å². The Labute approximate surface area is 88.4 Å². The quantitative estimate of drug-likeness (QED) is 0.763. The topological polar surface area (TPSA) is 52.5 Å². The fourth-order valence-electron chi connectivity index (χ4n) is 1.54. The van der Waals surface area contributed by atoms with Crippen molar-refractivity contribution >= 4 is 0 Å². The fourth-order valence-corrected chi connectivity index (χ4v) is 1.54. The van der Waals surface area contributed by atoms with Crippen molar-refractivity contribution < 1.29 is 0 Å². The van der Waals surface area contributed by atoms with Gasteiger partial charge in [0.1, 0.15) is 11.9 Å². The van der Waals surface area contributed by atoms with Gasteiger partial charge in [-0.2, -0.15) is 5.26 Å². The number of hydrogen-bond acceptors (Lipinski definition) is 2. The number of hydrogen-bond donors (Lipinski definition) is 1. The third kappa shape index (κ3) is 1.62. The molecule has 0 radical (unpaired) electrons. The van der Waals surface area contributed by atoms with Crippen molar-refractivity contribution in [1.29, 1.82) is 5.26 Å². The fraction of sp³-hybridized carbons (Fsp3) is 0.167. The molecule has 0 saturated carbocycles. The van der Waals surface area contributed by atoms with Crippen molar-refractivity contribution in [2.24, 2.45) is 0 Å². The number of rotatable bonds is 1. The SMILES string of the molecule is Cc1ccccc1-c1nc(C#N)c(C)[nH]1. The van der Waals surface area contributed by atoms with Gasteiger partial charge in [-0.25, -0.2) is 4.98 Å². The third-order valence-electron chi connectivity index (χ3n) is 2.39. The minimum atomic E-state index is 0.466. The first-order valence-electron chi connectivity index (χ1n) is 4.75. The molecule has 1 aromatic heterocycles. The molecule has 3 heteroatoms. The molecule has 2 aromatic rings. The minimum Gasteiger partial charge on any atom is -0.341 e. The predicted octanol–water partition coefficient (Wildman–Crippen LogP) is 2.57. The molecule has 0 aliphatic carbocycles. The van der Waals surface area contributed by atoms with Gasteiger partial charge in [-0.1, -0.05) is 24.3 Å². The molecule has 0 aliphatic heterocycles. The molecule has 0 aliphatic rings. The number of H-pyrrole nitrogens is 1. The molecule has 0 bridgehead atoms. The van der Waals surface area contributed by atoms with Crippen LogP contribution in [-0.2, 0) is 0 Å². The van der Waals surface area contributed by atoms with Crippen LogP contribution in [0.25, 0.3) is 11.4 Å². The van der Waals surface area contributed by atoms with E-state index in [2.05, 4.69) is 16.0 Å². The molecule has 1 N–H and O–H groups in total. The molecule has 1 aromatic carbocycles. The molecule has 0 atom stereocenters. The summed E-state index contributed by atoms with van der Waals surface area (Å²) in [7, 11) is 0. The van der Waals surface area contributed by atoms with Gasteiger partial charge < -0.3 is 4.98 Å². The summed E-state index contributed by atoms with van der Waals surface area (Å²) in [6.45, 7) is 3.88. The predicted molar refractivity (Wildman–Crippen MR) is 58.2 cm³/mol. The number of nitrogens with zero attached hydrogens (tertiary/aromatic N) is 2. The molecule has 74 valence electrons. The van der Waals surface area contributed by atoms with Crippen LogP contribution in [-0.4, -0.2) is 9.97 Å². The van der Waals surface area contributed by atoms with Crippen molar-refractivity contribution in [2.45, 2.75) is 13.8 Å². The van der Waals surface area contributed by atoms with Crippen molar-refractivity contribution in [1.82, 2.24) is 9.97 Å². The molecule has 0 saturated heterocycles. The Morgan fingerprint density at radius 2 is 2.00 bits per heavy atom. The van der Waals surface area contributed by atoms with E-state index in [1.165, 1.54) is 0 Å². The normalized spacial score (nSPS) is 9.93. The van der Waals surface area contributed by atoms with Crippen molar-refractivity contribution in [3.8, 4) is 17.5 Å². The second-order valence-electron chi connectivity index (χ2n) is 3.49. The van der Waals surface area contributed by atoms with Crippen LogP contribution in [0.1, 0.15) is 17.0 Å². The second-order valence-corrected chi connectivity index (χ2v) is 3.49. The van der Waals surface area contributed by atoms with E-state index in [-0.39, 0.29) is 0 Å². The molecule has 1 heterocycles. The number of benzene rings is 1. The summed E-state index contributed by atoms with van der Waals surface area (Å²) in [5.74, 6) is 0.766. The Morgan fingerprint density at radius 1 is 1.27 bits per heavy atom. The maximum absolute atomic E-state index is 8.82. The average Bonchev–Trinajstić information content (AvgIpc) is 2.60. The molecule has 0 fully saturated rings. The molecule has 0 unspecified atom stereocenters. The van der Waals surface area contributed by atoms with E-state index in [1.807, 2.05) is 38.1 Å². The van der Waals surface area contributed by atoms with E-state index < -0.39 is 0 Å². The van der Waals surface area contributed by atoms with Crippen LogP contribution >= 0.6 is 0 Å². The zero-order valence-corrected chi connectivity index (χ0v) is 8.70. The van der Waals surface area contributed by atoms with Crippen LogP contribution in [0, 0.1) is 25.2 Å². The highest BCUT2D eigenvalue weighted by molar-refractivity contribution is 5.61. The van der Waals surface area contributed by atoms with E-state index >= 15 is 0 Å². The summed E-state index contributed by atoms with van der Waals surface area (Å²) in [6, 6.07) is 10.0. The highest BCUT2D eigenvalue weighted by atomic mass is 14.9. The molecule has 15 heavy (non-hydrogen) atoms. The van der Waals surface area contributed by atoms with Gasteiger partial charge in [0.05, 0.1) is 5.69 Å². The van der Waals surface area contributed by atoms with E-state index in [0.717, 1.165) is 22.6 Å². The van der Waals surface area contributed by atoms with E-state index in [0.29, 0.717) is 5.69 Å². The van der Waals surface area contributed by atoms with Crippen molar-refractivity contribution in [2.75, 3.05) is 0 Å². The number of imidazole rings is 1. The standard InChI is InChI=1S/C12H11N3/c1-8-5-3-4-6-10(8)12-14-9(2)11(7-13)15-12/h3-6H,1-2H3,(H,14,15). The smallest absolute Gasteiger partial charge is 0.161 e. The summed E-state index contributed by atoms with van der Waals surface area (Å²) in [6.07, 6.45) is 0. The van der Waals surface area contributed by atoms with Crippen LogP contribution in [0.2, 0.25) is 0 Å². The first kappa shape index (κ1) is 9.47. The second kappa shape index (κ2) is 3.58.